The van der Waals surface area contributed by atoms with Crippen LogP contribution in [-0.2, 0) is 9.53 Å². The summed E-state index contributed by atoms with van der Waals surface area (Å²) in [7, 11) is 0. The minimum absolute atomic E-state index is 0.0627. The fraction of sp³-hybridized carbons (Fsp3) is 0.667. The topological polar surface area (TPSA) is 41.6 Å². The van der Waals surface area contributed by atoms with Gasteiger partial charge >= 0.3 is 0 Å². The van der Waals surface area contributed by atoms with Gasteiger partial charge in [-0.05, 0) is 24.8 Å². The molecule has 2 heterocycles. The van der Waals surface area contributed by atoms with E-state index < -0.39 is 9.75 Å². The van der Waals surface area contributed by atoms with Gasteiger partial charge in [-0.3, -0.25) is 9.69 Å². The number of nitrogens with zero attached hydrogens (tertiary/aromatic N) is 1. The molecule has 1 amide bonds. The van der Waals surface area contributed by atoms with Crippen LogP contribution in [0, 0.1) is 5.41 Å². The first-order valence-electron chi connectivity index (χ1n) is 7.45. The molecule has 1 saturated carbocycles. The lowest BCUT2D eigenvalue weighted by Gasteiger charge is -2.34. The number of ether oxygens (including phenoxy) is 1. The SMILES string of the molecule is C[C@]1(C(=O)NC[C@@H](c2cccs2)N2CCOCC2)CC1(Cl)Cl. The average molecular weight is 363 g/mol. The van der Waals surface area contributed by atoms with E-state index in [1.807, 2.05) is 13.0 Å². The number of nitrogens with one attached hydrogen (secondary N) is 1. The first-order valence-corrected chi connectivity index (χ1v) is 9.09. The Morgan fingerprint density at radius 3 is 2.73 bits per heavy atom. The van der Waals surface area contributed by atoms with E-state index in [2.05, 4.69) is 21.7 Å². The summed E-state index contributed by atoms with van der Waals surface area (Å²) in [4.78, 5) is 16.0. The molecular formula is C15H20Cl2N2O2S. The van der Waals surface area contributed by atoms with Crippen molar-refractivity contribution < 1.29 is 9.53 Å². The Balaban J connectivity index is 1.65. The molecule has 122 valence electrons. The Bertz CT molecular complexity index is 532. The fourth-order valence-electron chi connectivity index (χ4n) is 2.81. The average Bonchev–Trinajstić information content (AvgIpc) is 2.86. The largest absolute Gasteiger partial charge is 0.379 e. The molecule has 0 bridgehead atoms. The van der Waals surface area contributed by atoms with Crippen molar-refractivity contribution in [3.05, 3.63) is 22.4 Å². The molecule has 0 spiro atoms. The van der Waals surface area contributed by atoms with Crippen LogP contribution in [0.25, 0.3) is 0 Å². The highest BCUT2D eigenvalue weighted by molar-refractivity contribution is 7.10. The van der Waals surface area contributed by atoms with Gasteiger partial charge < -0.3 is 10.1 Å². The quantitative estimate of drug-likeness (QED) is 0.818. The number of carbonyl (C=O) groups excluding carboxylic acids is 1. The predicted molar refractivity (Wildman–Crippen MR) is 89.6 cm³/mol. The zero-order chi connectivity index (χ0) is 15.8. The summed E-state index contributed by atoms with van der Waals surface area (Å²) in [5.41, 5.74) is -0.666. The van der Waals surface area contributed by atoms with Crippen LogP contribution < -0.4 is 5.32 Å². The first-order chi connectivity index (χ1) is 10.4. The molecule has 2 atom stereocenters. The smallest absolute Gasteiger partial charge is 0.229 e. The molecule has 2 fully saturated rings. The maximum Gasteiger partial charge on any atom is 0.229 e. The highest BCUT2D eigenvalue weighted by Crippen LogP contribution is 2.63. The van der Waals surface area contributed by atoms with Gasteiger partial charge in [-0.25, -0.2) is 0 Å². The van der Waals surface area contributed by atoms with E-state index in [0.717, 1.165) is 26.3 Å². The van der Waals surface area contributed by atoms with E-state index in [-0.39, 0.29) is 11.9 Å². The molecule has 3 rings (SSSR count). The Hall–Kier alpha value is -0.330. The lowest BCUT2D eigenvalue weighted by Crippen LogP contribution is -2.45. The van der Waals surface area contributed by atoms with E-state index in [1.165, 1.54) is 4.88 Å². The standard InChI is InChI=1S/C15H20Cl2N2O2S/c1-14(10-15(14,16)17)13(20)18-9-11(12-3-2-8-22-12)19-4-6-21-7-5-19/h2-3,8,11H,4-7,9-10H2,1H3,(H,18,20)/t11-,14+/m0/s1. The molecule has 1 N–H and O–H groups in total. The third kappa shape index (κ3) is 3.15. The van der Waals surface area contributed by atoms with Gasteiger partial charge in [0.25, 0.3) is 0 Å². The number of thiophene rings is 1. The third-order valence-corrected chi connectivity index (χ3v) is 6.65. The van der Waals surface area contributed by atoms with Crippen LogP contribution >= 0.6 is 34.5 Å². The van der Waals surface area contributed by atoms with Gasteiger partial charge in [-0.15, -0.1) is 34.5 Å². The number of hydrogen-bond donors (Lipinski definition) is 1. The van der Waals surface area contributed by atoms with Crippen molar-refractivity contribution in [2.45, 2.75) is 23.7 Å². The summed E-state index contributed by atoms with van der Waals surface area (Å²) >= 11 is 13.9. The van der Waals surface area contributed by atoms with Crippen molar-refractivity contribution in [1.29, 1.82) is 0 Å². The lowest BCUT2D eigenvalue weighted by molar-refractivity contribution is -0.126. The number of hydrogen-bond acceptors (Lipinski definition) is 4. The van der Waals surface area contributed by atoms with Gasteiger partial charge in [-0.1, -0.05) is 6.07 Å². The predicted octanol–water partition coefficient (Wildman–Crippen LogP) is 2.82. The summed E-state index contributed by atoms with van der Waals surface area (Å²) in [6.07, 6.45) is 0.510. The summed E-state index contributed by atoms with van der Waals surface area (Å²) in [5, 5.41) is 5.11. The van der Waals surface area contributed by atoms with E-state index in [9.17, 15) is 4.79 Å². The van der Waals surface area contributed by atoms with Crippen molar-refractivity contribution in [2.24, 2.45) is 5.41 Å². The Morgan fingerprint density at radius 1 is 1.50 bits per heavy atom. The zero-order valence-corrected chi connectivity index (χ0v) is 14.8. The van der Waals surface area contributed by atoms with Crippen LogP contribution in [0.2, 0.25) is 0 Å². The Kier molecular flexibility index (Phi) is 4.72. The summed E-state index contributed by atoms with van der Waals surface area (Å²) < 4.78 is 4.50. The molecular weight excluding hydrogens is 343 g/mol. The molecule has 1 aromatic rings. The van der Waals surface area contributed by atoms with Crippen molar-refractivity contribution in [3.63, 3.8) is 0 Å². The number of morpholine rings is 1. The van der Waals surface area contributed by atoms with Crippen molar-refractivity contribution >= 4 is 40.4 Å². The number of alkyl halides is 2. The van der Waals surface area contributed by atoms with Crippen molar-refractivity contribution in [3.8, 4) is 0 Å². The lowest BCUT2D eigenvalue weighted by atomic mass is 10.1. The molecule has 7 heteroatoms. The monoisotopic (exact) mass is 362 g/mol. The molecule has 1 aliphatic heterocycles. The normalized spacial score (nSPS) is 29.0. The number of carbonyl (C=O) groups is 1. The van der Waals surface area contributed by atoms with Crippen LogP contribution in [-0.4, -0.2) is 48.0 Å². The second-order valence-corrected chi connectivity index (χ2v) is 8.57. The van der Waals surface area contributed by atoms with E-state index in [0.29, 0.717) is 13.0 Å². The molecule has 0 unspecified atom stereocenters. The van der Waals surface area contributed by atoms with Gasteiger partial charge in [-0.2, -0.15) is 0 Å². The van der Waals surface area contributed by atoms with Crippen LogP contribution in [0.5, 0.6) is 0 Å². The van der Waals surface area contributed by atoms with Gasteiger partial charge in [0, 0.05) is 24.5 Å². The maximum atomic E-state index is 12.4. The fourth-order valence-corrected chi connectivity index (χ4v) is 4.38. The maximum absolute atomic E-state index is 12.4. The van der Waals surface area contributed by atoms with Crippen LogP contribution in [0.4, 0.5) is 0 Å². The Labute approximate surface area is 144 Å². The number of amides is 1. The number of halogens is 2. The molecule has 22 heavy (non-hydrogen) atoms. The van der Waals surface area contributed by atoms with Crippen LogP contribution in [0.3, 0.4) is 0 Å². The summed E-state index contributed by atoms with van der Waals surface area (Å²) in [5.74, 6) is -0.0627. The zero-order valence-electron chi connectivity index (χ0n) is 12.5. The molecule has 1 aromatic heterocycles. The highest BCUT2D eigenvalue weighted by Gasteiger charge is 2.67. The first kappa shape index (κ1) is 16.5. The highest BCUT2D eigenvalue weighted by atomic mass is 35.5. The second kappa shape index (κ2) is 6.29. The summed E-state index contributed by atoms with van der Waals surface area (Å²) in [6.45, 7) is 5.62. The van der Waals surface area contributed by atoms with Gasteiger partial charge in [0.05, 0.1) is 24.7 Å². The van der Waals surface area contributed by atoms with Gasteiger partial charge in [0.15, 0.2) is 0 Å². The molecule has 1 aliphatic carbocycles. The molecule has 0 aromatic carbocycles. The molecule has 1 saturated heterocycles. The number of rotatable bonds is 5. The van der Waals surface area contributed by atoms with Crippen molar-refractivity contribution in [2.75, 3.05) is 32.8 Å². The van der Waals surface area contributed by atoms with Gasteiger partial charge in [0.2, 0.25) is 5.91 Å². The minimum atomic E-state index is -0.922. The molecule has 4 nitrogen and oxygen atoms in total. The molecule has 2 aliphatic rings. The van der Waals surface area contributed by atoms with Crippen molar-refractivity contribution in [1.82, 2.24) is 10.2 Å². The van der Waals surface area contributed by atoms with E-state index in [1.54, 1.807) is 11.3 Å². The Morgan fingerprint density at radius 2 is 2.18 bits per heavy atom. The van der Waals surface area contributed by atoms with Gasteiger partial charge in [0.1, 0.15) is 4.33 Å². The second-order valence-electron chi connectivity index (χ2n) is 6.10. The van der Waals surface area contributed by atoms with E-state index >= 15 is 0 Å². The van der Waals surface area contributed by atoms with Crippen LogP contribution in [0.15, 0.2) is 17.5 Å². The third-order valence-electron chi connectivity index (χ3n) is 4.57. The molecule has 0 radical (unpaired) electrons. The van der Waals surface area contributed by atoms with Crippen LogP contribution in [0.1, 0.15) is 24.3 Å². The van der Waals surface area contributed by atoms with E-state index in [4.69, 9.17) is 27.9 Å². The minimum Gasteiger partial charge on any atom is -0.379 e. The summed E-state index contributed by atoms with van der Waals surface area (Å²) in [6, 6.07) is 4.33.